The minimum Gasteiger partial charge on any atom is -0.342 e. The Hall–Kier alpha value is -3.16. The number of nitrogens with one attached hydrogen (secondary N) is 2. The number of benzene rings is 1. The molecular weight excluding hydrogens is 425 g/mol. The van der Waals surface area contributed by atoms with Crippen LogP contribution in [0.2, 0.25) is 10.0 Å². The second-order valence-electron chi connectivity index (χ2n) is 6.46. The normalized spacial score (nSPS) is 10.9. The van der Waals surface area contributed by atoms with Gasteiger partial charge < -0.3 is 9.88 Å². The number of aromatic nitrogens is 2. The zero-order chi connectivity index (χ0) is 21.7. The highest BCUT2D eigenvalue weighted by molar-refractivity contribution is 6.42. The molecule has 0 saturated heterocycles. The van der Waals surface area contributed by atoms with Gasteiger partial charge in [-0.2, -0.15) is 5.10 Å². The molecule has 2 N–H and O–H groups in total. The summed E-state index contributed by atoms with van der Waals surface area (Å²) in [5.74, 6) is -1.65. The second-order valence-corrected chi connectivity index (χ2v) is 7.28. The highest BCUT2D eigenvalue weighted by Crippen LogP contribution is 2.27. The van der Waals surface area contributed by atoms with Crippen LogP contribution in [0.1, 0.15) is 22.6 Å². The molecule has 154 valence electrons. The van der Waals surface area contributed by atoms with Crippen LogP contribution in [0, 0.1) is 13.8 Å². The van der Waals surface area contributed by atoms with E-state index in [0.29, 0.717) is 15.7 Å². The van der Waals surface area contributed by atoms with Gasteiger partial charge in [-0.05, 0) is 50.2 Å². The second kappa shape index (κ2) is 9.56. The summed E-state index contributed by atoms with van der Waals surface area (Å²) in [7, 11) is 0. The van der Waals surface area contributed by atoms with Gasteiger partial charge in [0.05, 0.1) is 28.5 Å². The Morgan fingerprint density at radius 3 is 2.60 bits per heavy atom. The summed E-state index contributed by atoms with van der Waals surface area (Å²) in [5, 5.41) is 7.32. The summed E-state index contributed by atoms with van der Waals surface area (Å²) in [5.41, 5.74) is 6.37. The van der Waals surface area contributed by atoms with Gasteiger partial charge in [-0.15, -0.1) is 0 Å². The SMILES string of the molecule is Cc1cc(/C=N\NC(=O)C(=O)NCc2ccccn2)c(C)n1-c1ccc(Cl)c(Cl)c1. The van der Waals surface area contributed by atoms with Crippen molar-refractivity contribution in [1.82, 2.24) is 20.3 Å². The topological polar surface area (TPSA) is 88.4 Å². The van der Waals surface area contributed by atoms with Crippen molar-refractivity contribution in [3.63, 3.8) is 0 Å². The standard InChI is InChI=1S/C21H19Cl2N5O2/c1-13-9-15(14(2)28(13)17-6-7-18(22)19(23)10-17)11-26-27-21(30)20(29)25-12-16-5-3-4-8-24-16/h3-11H,12H2,1-2H3,(H,25,29)(H,27,30)/b26-11-. The Morgan fingerprint density at radius 1 is 1.10 bits per heavy atom. The summed E-state index contributed by atoms with van der Waals surface area (Å²) in [6.07, 6.45) is 3.10. The fourth-order valence-electron chi connectivity index (χ4n) is 2.90. The van der Waals surface area contributed by atoms with Crippen molar-refractivity contribution in [1.29, 1.82) is 0 Å². The lowest BCUT2D eigenvalue weighted by Crippen LogP contribution is -2.37. The number of nitrogens with zero attached hydrogens (tertiary/aromatic N) is 3. The first-order valence-corrected chi connectivity index (χ1v) is 9.78. The Kier molecular flexibility index (Phi) is 6.87. The van der Waals surface area contributed by atoms with Gasteiger partial charge in [-0.3, -0.25) is 14.6 Å². The van der Waals surface area contributed by atoms with E-state index in [1.54, 1.807) is 36.5 Å². The molecule has 0 fully saturated rings. The zero-order valence-corrected chi connectivity index (χ0v) is 17.8. The third-order valence-corrected chi connectivity index (χ3v) is 5.10. The molecule has 1 aromatic carbocycles. The van der Waals surface area contributed by atoms with Crippen LogP contribution in [0.4, 0.5) is 0 Å². The number of pyridine rings is 1. The predicted molar refractivity (Wildman–Crippen MR) is 117 cm³/mol. The quantitative estimate of drug-likeness (QED) is 0.358. The van der Waals surface area contributed by atoms with Crippen molar-refractivity contribution in [2.24, 2.45) is 5.10 Å². The summed E-state index contributed by atoms with van der Waals surface area (Å²) >= 11 is 12.1. The maximum absolute atomic E-state index is 11.9. The maximum atomic E-state index is 11.9. The first kappa shape index (κ1) is 21.5. The van der Waals surface area contributed by atoms with Crippen LogP contribution < -0.4 is 10.7 Å². The molecular formula is C21H19Cl2N5O2. The van der Waals surface area contributed by atoms with Crippen molar-refractivity contribution in [2.45, 2.75) is 20.4 Å². The Morgan fingerprint density at radius 2 is 1.90 bits per heavy atom. The molecule has 2 amide bonds. The molecule has 0 aliphatic carbocycles. The predicted octanol–water partition coefficient (Wildman–Crippen LogP) is 3.56. The molecule has 0 bridgehead atoms. The summed E-state index contributed by atoms with van der Waals surface area (Å²) in [6, 6.07) is 12.6. The molecule has 2 heterocycles. The average Bonchev–Trinajstić information content (AvgIpc) is 3.02. The molecule has 3 aromatic rings. The summed E-state index contributed by atoms with van der Waals surface area (Å²) in [4.78, 5) is 27.9. The molecule has 0 saturated carbocycles. The number of hydrazone groups is 1. The summed E-state index contributed by atoms with van der Waals surface area (Å²) in [6.45, 7) is 4.01. The van der Waals surface area contributed by atoms with E-state index in [9.17, 15) is 9.59 Å². The Bertz CT molecular complexity index is 1110. The van der Waals surface area contributed by atoms with Gasteiger partial charge in [0.1, 0.15) is 0 Å². The van der Waals surface area contributed by atoms with Gasteiger partial charge >= 0.3 is 11.8 Å². The van der Waals surface area contributed by atoms with Crippen LogP contribution in [0.5, 0.6) is 0 Å². The molecule has 0 unspecified atom stereocenters. The van der Waals surface area contributed by atoms with E-state index in [2.05, 4.69) is 20.8 Å². The van der Waals surface area contributed by atoms with Gasteiger partial charge in [0.25, 0.3) is 0 Å². The molecule has 30 heavy (non-hydrogen) atoms. The monoisotopic (exact) mass is 443 g/mol. The lowest BCUT2D eigenvalue weighted by molar-refractivity contribution is -0.139. The maximum Gasteiger partial charge on any atom is 0.329 e. The highest BCUT2D eigenvalue weighted by atomic mass is 35.5. The van der Waals surface area contributed by atoms with Crippen molar-refractivity contribution >= 4 is 41.2 Å². The van der Waals surface area contributed by atoms with E-state index < -0.39 is 11.8 Å². The van der Waals surface area contributed by atoms with Gasteiger partial charge in [0.15, 0.2) is 0 Å². The fourth-order valence-corrected chi connectivity index (χ4v) is 3.20. The molecule has 3 rings (SSSR count). The van der Waals surface area contributed by atoms with Crippen LogP contribution in [-0.2, 0) is 16.1 Å². The van der Waals surface area contributed by atoms with E-state index in [4.69, 9.17) is 23.2 Å². The van der Waals surface area contributed by atoms with Gasteiger partial charge in [-0.1, -0.05) is 29.3 Å². The van der Waals surface area contributed by atoms with Crippen molar-refractivity contribution < 1.29 is 9.59 Å². The minimum absolute atomic E-state index is 0.154. The number of halogens is 2. The molecule has 2 aromatic heterocycles. The number of rotatable bonds is 5. The van der Waals surface area contributed by atoms with Crippen molar-refractivity contribution in [3.8, 4) is 5.69 Å². The average molecular weight is 444 g/mol. The number of hydrogen-bond donors (Lipinski definition) is 2. The van der Waals surface area contributed by atoms with Crippen molar-refractivity contribution in [3.05, 3.63) is 81.4 Å². The number of hydrogen-bond acceptors (Lipinski definition) is 4. The Labute approximate surface area is 183 Å². The number of carbonyl (C=O) groups excluding carboxylic acids is 2. The lowest BCUT2D eigenvalue weighted by atomic mass is 10.2. The number of aryl methyl sites for hydroxylation is 1. The van der Waals surface area contributed by atoms with Gasteiger partial charge in [0.2, 0.25) is 0 Å². The van der Waals surface area contributed by atoms with Crippen LogP contribution >= 0.6 is 23.2 Å². The summed E-state index contributed by atoms with van der Waals surface area (Å²) < 4.78 is 1.99. The van der Waals surface area contributed by atoms with Gasteiger partial charge in [0, 0.05) is 28.8 Å². The van der Waals surface area contributed by atoms with E-state index in [1.165, 1.54) is 6.21 Å². The molecule has 0 spiro atoms. The molecule has 7 nitrogen and oxygen atoms in total. The van der Waals surface area contributed by atoms with E-state index in [1.807, 2.05) is 30.5 Å². The minimum atomic E-state index is -0.861. The first-order valence-electron chi connectivity index (χ1n) is 9.02. The molecule has 0 radical (unpaired) electrons. The smallest absolute Gasteiger partial charge is 0.329 e. The van der Waals surface area contributed by atoms with E-state index in [-0.39, 0.29) is 6.54 Å². The van der Waals surface area contributed by atoms with Gasteiger partial charge in [-0.25, -0.2) is 5.43 Å². The first-order chi connectivity index (χ1) is 14.4. The number of amides is 2. The molecule has 9 heteroatoms. The highest BCUT2D eigenvalue weighted by Gasteiger charge is 2.13. The third kappa shape index (κ3) is 5.06. The Balaban J connectivity index is 1.64. The van der Waals surface area contributed by atoms with Crippen LogP contribution in [0.15, 0.2) is 53.8 Å². The lowest BCUT2D eigenvalue weighted by Gasteiger charge is -2.10. The van der Waals surface area contributed by atoms with Crippen LogP contribution in [-0.4, -0.2) is 27.6 Å². The van der Waals surface area contributed by atoms with E-state index in [0.717, 1.165) is 22.6 Å². The molecule has 0 atom stereocenters. The number of carbonyl (C=O) groups is 2. The van der Waals surface area contributed by atoms with Crippen LogP contribution in [0.3, 0.4) is 0 Å². The third-order valence-electron chi connectivity index (χ3n) is 4.36. The van der Waals surface area contributed by atoms with Crippen molar-refractivity contribution in [2.75, 3.05) is 0 Å². The molecule has 0 aliphatic heterocycles. The largest absolute Gasteiger partial charge is 0.342 e. The molecule has 0 aliphatic rings. The van der Waals surface area contributed by atoms with Crippen LogP contribution in [0.25, 0.3) is 5.69 Å². The zero-order valence-electron chi connectivity index (χ0n) is 16.3. The fraction of sp³-hybridized carbons (Fsp3) is 0.143. The van der Waals surface area contributed by atoms with E-state index >= 15 is 0 Å².